The van der Waals surface area contributed by atoms with E-state index in [1.807, 2.05) is 53.9 Å². The normalized spacial score (nSPS) is 16.0. The first-order valence-electron chi connectivity index (χ1n) is 9.07. The van der Waals surface area contributed by atoms with Crippen LogP contribution in [0.15, 0.2) is 74.6 Å². The van der Waals surface area contributed by atoms with Crippen molar-refractivity contribution in [1.29, 1.82) is 0 Å². The van der Waals surface area contributed by atoms with Crippen LogP contribution in [0.5, 0.6) is 0 Å². The number of hydrogen-bond donors (Lipinski definition) is 1. The van der Waals surface area contributed by atoms with Crippen LogP contribution >= 0.6 is 23.1 Å². The first kappa shape index (κ1) is 19.5. The Labute approximate surface area is 176 Å². The number of nitrogens with one attached hydrogen (secondary N) is 1. The van der Waals surface area contributed by atoms with E-state index in [1.54, 1.807) is 22.6 Å². The zero-order valence-electron chi connectivity index (χ0n) is 15.7. The van der Waals surface area contributed by atoms with Crippen molar-refractivity contribution >= 4 is 46.3 Å². The number of benzene rings is 1. The van der Waals surface area contributed by atoms with Gasteiger partial charge < -0.3 is 9.73 Å². The second-order valence-corrected chi connectivity index (χ2v) is 8.49. The van der Waals surface area contributed by atoms with E-state index in [1.165, 1.54) is 18.7 Å². The summed E-state index contributed by atoms with van der Waals surface area (Å²) in [5.74, 6) is 0.808. The number of thiophene rings is 1. The van der Waals surface area contributed by atoms with E-state index < -0.39 is 0 Å². The molecule has 4 rings (SSSR count). The molecule has 148 valence electrons. The Morgan fingerprint density at radius 1 is 1.24 bits per heavy atom. The molecule has 8 heteroatoms. The molecule has 3 aromatic rings. The highest BCUT2D eigenvalue weighted by atomic mass is 32.2. The lowest BCUT2D eigenvalue weighted by Gasteiger charge is -2.19. The lowest BCUT2D eigenvalue weighted by molar-refractivity contribution is -0.130. The van der Waals surface area contributed by atoms with Gasteiger partial charge in [-0.15, -0.1) is 23.1 Å². The summed E-state index contributed by atoms with van der Waals surface area (Å²) < 4.78 is 5.57. The number of amides is 2. The van der Waals surface area contributed by atoms with Gasteiger partial charge in [-0.25, -0.2) is 5.01 Å². The molecule has 1 aliphatic rings. The second-order valence-electron chi connectivity index (χ2n) is 6.49. The minimum atomic E-state index is -0.225. The van der Waals surface area contributed by atoms with Crippen LogP contribution in [-0.4, -0.2) is 28.3 Å². The molecule has 0 fully saturated rings. The van der Waals surface area contributed by atoms with E-state index in [4.69, 9.17) is 4.42 Å². The molecule has 0 spiro atoms. The van der Waals surface area contributed by atoms with Crippen molar-refractivity contribution in [2.75, 3.05) is 11.1 Å². The minimum absolute atomic E-state index is 0.0751. The van der Waals surface area contributed by atoms with Gasteiger partial charge in [0.1, 0.15) is 11.8 Å². The molecule has 0 saturated carbocycles. The SMILES string of the molecule is CC(=O)Nc1ccc(SCC(=O)N2N=C(c3cccs3)C[C@H]2c2ccco2)cc1. The predicted octanol–water partition coefficient (Wildman–Crippen LogP) is 4.77. The summed E-state index contributed by atoms with van der Waals surface area (Å²) >= 11 is 3.05. The van der Waals surface area contributed by atoms with Gasteiger partial charge in [-0.2, -0.15) is 5.10 Å². The average Bonchev–Trinajstić information content (AvgIpc) is 3.47. The molecule has 6 nitrogen and oxygen atoms in total. The van der Waals surface area contributed by atoms with Crippen molar-refractivity contribution in [2.24, 2.45) is 5.10 Å². The molecule has 1 N–H and O–H groups in total. The average molecular weight is 426 g/mol. The largest absolute Gasteiger partial charge is 0.467 e. The minimum Gasteiger partial charge on any atom is -0.467 e. The summed E-state index contributed by atoms with van der Waals surface area (Å²) in [7, 11) is 0. The Morgan fingerprint density at radius 2 is 2.07 bits per heavy atom. The van der Waals surface area contributed by atoms with Crippen LogP contribution < -0.4 is 5.32 Å². The van der Waals surface area contributed by atoms with Crippen LogP contribution in [0.2, 0.25) is 0 Å². The molecule has 2 aromatic heterocycles. The maximum absolute atomic E-state index is 13.0. The van der Waals surface area contributed by atoms with Gasteiger partial charge in [-0.05, 0) is 47.8 Å². The summed E-state index contributed by atoms with van der Waals surface area (Å²) in [6, 6.07) is 14.9. The fourth-order valence-electron chi connectivity index (χ4n) is 3.08. The van der Waals surface area contributed by atoms with Gasteiger partial charge in [-0.3, -0.25) is 9.59 Å². The monoisotopic (exact) mass is 425 g/mol. The summed E-state index contributed by atoms with van der Waals surface area (Å²) in [5.41, 5.74) is 1.63. The molecule has 0 saturated heterocycles. The molecule has 0 bridgehead atoms. The number of furan rings is 1. The van der Waals surface area contributed by atoms with Gasteiger partial charge in [-0.1, -0.05) is 6.07 Å². The number of thioether (sulfide) groups is 1. The molecular weight excluding hydrogens is 406 g/mol. The van der Waals surface area contributed by atoms with Crippen molar-refractivity contribution in [3.63, 3.8) is 0 Å². The molecule has 1 aliphatic heterocycles. The smallest absolute Gasteiger partial charge is 0.253 e. The van der Waals surface area contributed by atoms with Crippen LogP contribution in [0.3, 0.4) is 0 Å². The van der Waals surface area contributed by atoms with Crippen molar-refractivity contribution in [2.45, 2.75) is 24.3 Å². The Hall–Kier alpha value is -2.84. The zero-order valence-corrected chi connectivity index (χ0v) is 17.3. The predicted molar refractivity (Wildman–Crippen MR) is 115 cm³/mol. The quantitative estimate of drug-likeness (QED) is 0.577. The highest BCUT2D eigenvalue weighted by Crippen LogP contribution is 2.35. The lowest BCUT2D eigenvalue weighted by atomic mass is 10.1. The Bertz CT molecular complexity index is 1010. The van der Waals surface area contributed by atoms with Crippen molar-refractivity contribution in [1.82, 2.24) is 5.01 Å². The molecule has 0 radical (unpaired) electrons. The number of nitrogens with zero attached hydrogens (tertiary/aromatic N) is 2. The second kappa shape index (κ2) is 8.67. The highest BCUT2D eigenvalue weighted by Gasteiger charge is 2.34. The summed E-state index contributed by atoms with van der Waals surface area (Å²) in [6.07, 6.45) is 2.25. The van der Waals surface area contributed by atoms with Gasteiger partial charge in [0.2, 0.25) is 5.91 Å². The van der Waals surface area contributed by atoms with Crippen molar-refractivity contribution in [3.8, 4) is 0 Å². The van der Waals surface area contributed by atoms with Crippen LogP contribution in [0.4, 0.5) is 5.69 Å². The number of rotatable bonds is 6. The van der Waals surface area contributed by atoms with E-state index in [-0.39, 0.29) is 23.6 Å². The molecule has 29 heavy (non-hydrogen) atoms. The first-order valence-corrected chi connectivity index (χ1v) is 10.9. The fourth-order valence-corrected chi connectivity index (χ4v) is 4.56. The third-order valence-electron chi connectivity index (χ3n) is 4.38. The van der Waals surface area contributed by atoms with Crippen molar-refractivity contribution < 1.29 is 14.0 Å². The molecule has 1 atom stereocenters. The fraction of sp³-hybridized carbons (Fsp3) is 0.190. The molecule has 2 amide bonds. The lowest BCUT2D eigenvalue weighted by Crippen LogP contribution is -2.28. The third kappa shape index (κ3) is 4.60. The number of hydrogen-bond acceptors (Lipinski definition) is 6. The molecular formula is C21H19N3O3S2. The third-order valence-corrected chi connectivity index (χ3v) is 6.30. The summed E-state index contributed by atoms with van der Waals surface area (Å²) in [5, 5.41) is 10.9. The van der Waals surface area contributed by atoms with Gasteiger partial charge >= 0.3 is 0 Å². The summed E-state index contributed by atoms with van der Waals surface area (Å²) in [4.78, 5) is 26.1. The standard InChI is InChI=1S/C21H19N3O3S2/c1-14(25)22-15-6-8-16(9-7-15)29-13-21(26)24-18(19-4-2-10-27-19)12-17(23-24)20-5-3-11-28-20/h2-11,18H,12-13H2,1H3,(H,22,25)/t18-/m0/s1. The van der Waals surface area contributed by atoms with E-state index in [0.717, 1.165) is 26.9 Å². The van der Waals surface area contributed by atoms with Crippen LogP contribution in [0.1, 0.15) is 30.0 Å². The van der Waals surface area contributed by atoms with E-state index in [9.17, 15) is 9.59 Å². The van der Waals surface area contributed by atoms with Crippen LogP contribution in [0, 0.1) is 0 Å². The topological polar surface area (TPSA) is 74.9 Å². The Morgan fingerprint density at radius 3 is 2.72 bits per heavy atom. The van der Waals surface area contributed by atoms with Crippen LogP contribution in [0.25, 0.3) is 0 Å². The van der Waals surface area contributed by atoms with Gasteiger partial charge in [0.05, 0.1) is 22.6 Å². The zero-order chi connectivity index (χ0) is 20.2. The highest BCUT2D eigenvalue weighted by molar-refractivity contribution is 8.00. The number of carbonyl (C=O) groups excluding carboxylic acids is 2. The maximum atomic E-state index is 13.0. The van der Waals surface area contributed by atoms with E-state index in [2.05, 4.69) is 10.4 Å². The summed E-state index contributed by atoms with van der Waals surface area (Å²) in [6.45, 7) is 1.47. The molecule has 1 aromatic carbocycles. The van der Waals surface area contributed by atoms with Crippen molar-refractivity contribution in [3.05, 3.63) is 70.8 Å². The van der Waals surface area contributed by atoms with Gasteiger partial charge in [0.25, 0.3) is 5.91 Å². The number of hydrazone groups is 1. The van der Waals surface area contributed by atoms with Gasteiger partial charge in [0, 0.05) is 23.9 Å². The number of anilines is 1. The van der Waals surface area contributed by atoms with Crippen LogP contribution in [-0.2, 0) is 9.59 Å². The van der Waals surface area contributed by atoms with Gasteiger partial charge in [0.15, 0.2) is 0 Å². The maximum Gasteiger partial charge on any atom is 0.253 e. The molecule has 3 heterocycles. The molecule has 0 unspecified atom stereocenters. The van der Waals surface area contributed by atoms with E-state index >= 15 is 0 Å². The van der Waals surface area contributed by atoms with E-state index in [0.29, 0.717) is 6.42 Å². The number of carbonyl (C=O) groups is 2. The first-order chi connectivity index (χ1) is 14.1. The Kier molecular flexibility index (Phi) is 5.82. The molecule has 0 aliphatic carbocycles. The Balaban J connectivity index is 1.45.